The zero-order chi connectivity index (χ0) is 18.5. The van der Waals surface area contributed by atoms with Crippen molar-refractivity contribution in [3.63, 3.8) is 0 Å². The van der Waals surface area contributed by atoms with Crippen molar-refractivity contribution in [1.29, 1.82) is 0 Å². The van der Waals surface area contributed by atoms with Crippen molar-refractivity contribution in [2.45, 2.75) is 66.1 Å². The molecule has 25 heavy (non-hydrogen) atoms. The van der Waals surface area contributed by atoms with Crippen molar-refractivity contribution >= 4 is 27.5 Å². The van der Waals surface area contributed by atoms with Gasteiger partial charge >= 0.3 is 0 Å². The average molecular weight is 362 g/mol. The highest BCUT2D eigenvalue weighted by Gasteiger charge is 2.30. The lowest BCUT2D eigenvalue weighted by Crippen LogP contribution is -2.48. The van der Waals surface area contributed by atoms with E-state index in [9.17, 15) is 4.79 Å². The fourth-order valence-electron chi connectivity index (χ4n) is 3.37. The maximum Gasteiger partial charge on any atom is 0.264 e. The number of hydrogen-bond donors (Lipinski definition) is 0. The largest absolute Gasteiger partial charge is 0.372 e. The van der Waals surface area contributed by atoms with Gasteiger partial charge in [-0.1, -0.05) is 20.8 Å². The lowest BCUT2D eigenvalue weighted by molar-refractivity contribution is -0.0585. The first-order valence-electron chi connectivity index (χ1n) is 8.81. The molecule has 2 atom stereocenters. The number of thiophene rings is 1. The van der Waals surface area contributed by atoms with Gasteiger partial charge in [0, 0.05) is 23.9 Å². The fourth-order valence-corrected chi connectivity index (χ4v) is 4.57. The summed E-state index contributed by atoms with van der Waals surface area (Å²) in [7, 11) is 0. The Hall–Kier alpha value is -1.53. The second-order valence-electron chi connectivity index (χ2n) is 8.09. The summed E-state index contributed by atoms with van der Waals surface area (Å²) < 4.78 is 5.75. The van der Waals surface area contributed by atoms with Gasteiger partial charge in [-0.05, 0) is 33.3 Å². The van der Waals surface area contributed by atoms with E-state index in [2.05, 4.69) is 20.8 Å². The molecule has 5 nitrogen and oxygen atoms in total. The summed E-state index contributed by atoms with van der Waals surface area (Å²) in [5.41, 5.74) is 1.83. The van der Waals surface area contributed by atoms with Crippen LogP contribution in [-0.4, -0.2) is 46.1 Å². The van der Waals surface area contributed by atoms with E-state index in [1.807, 2.05) is 32.6 Å². The molecular weight excluding hydrogens is 334 g/mol. The Kier molecular flexibility index (Phi) is 4.62. The lowest BCUT2D eigenvalue weighted by Gasteiger charge is -2.35. The molecule has 0 radical (unpaired) electrons. The predicted molar refractivity (Wildman–Crippen MR) is 102 cm³/mol. The summed E-state index contributed by atoms with van der Waals surface area (Å²) in [4.78, 5) is 26.2. The van der Waals surface area contributed by atoms with Crippen LogP contribution in [0.15, 0.2) is 0 Å². The van der Waals surface area contributed by atoms with E-state index >= 15 is 0 Å². The Bertz CT molecular complexity index is 812. The number of carbonyl (C=O) groups excluding carboxylic acids is 1. The Balaban J connectivity index is 2.04. The van der Waals surface area contributed by atoms with Crippen LogP contribution in [0.4, 0.5) is 0 Å². The number of aromatic nitrogens is 2. The summed E-state index contributed by atoms with van der Waals surface area (Å²) in [6.45, 7) is 15.6. The summed E-state index contributed by atoms with van der Waals surface area (Å²) >= 11 is 1.49. The van der Waals surface area contributed by atoms with Crippen LogP contribution < -0.4 is 0 Å². The van der Waals surface area contributed by atoms with Gasteiger partial charge in [-0.3, -0.25) is 4.79 Å². The molecule has 0 spiro atoms. The molecule has 0 N–H and O–H groups in total. The number of ether oxygens (including phenoxy) is 1. The highest BCUT2D eigenvalue weighted by molar-refractivity contribution is 7.20. The summed E-state index contributed by atoms with van der Waals surface area (Å²) in [6, 6.07) is 0. The van der Waals surface area contributed by atoms with Crippen LogP contribution in [-0.2, 0) is 10.2 Å². The topological polar surface area (TPSA) is 55.3 Å². The smallest absolute Gasteiger partial charge is 0.264 e. The lowest BCUT2D eigenvalue weighted by atomic mass is 9.95. The monoisotopic (exact) mass is 361 g/mol. The standard InChI is InChI=1S/C19H27N3O2S/c1-10-8-22(9-11(2)24-10)17(23)15-12(3)14-13(4)20-18(19(5,6)7)21-16(14)25-15/h10-11H,8-9H2,1-7H3/t10-,11-/m0/s1. The van der Waals surface area contributed by atoms with Gasteiger partial charge in [-0.25, -0.2) is 9.97 Å². The maximum absolute atomic E-state index is 13.1. The van der Waals surface area contributed by atoms with Crippen molar-refractivity contribution in [1.82, 2.24) is 14.9 Å². The molecule has 0 aliphatic carbocycles. The quantitative estimate of drug-likeness (QED) is 0.774. The van der Waals surface area contributed by atoms with Crippen LogP contribution in [0.25, 0.3) is 10.2 Å². The number of carbonyl (C=O) groups is 1. The summed E-state index contributed by atoms with van der Waals surface area (Å²) in [5.74, 6) is 0.908. The molecule has 3 heterocycles. The van der Waals surface area contributed by atoms with Crippen molar-refractivity contribution in [2.24, 2.45) is 0 Å². The zero-order valence-corrected chi connectivity index (χ0v) is 17.0. The Morgan fingerprint density at radius 2 is 1.76 bits per heavy atom. The summed E-state index contributed by atoms with van der Waals surface area (Å²) in [6.07, 6.45) is 0.132. The minimum absolute atomic E-state index is 0.0661. The number of fused-ring (bicyclic) bond motifs is 1. The molecule has 0 saturated carbocycles. The van der Waals surface area contributed by atoms with Crippen molar-refractivity contribution in [3.8, 4) is 0 Å². The SMILES string of the molecule is Cc1nc(C(C)(C)C)nc2sc(C(=O)N3C[C@H](C)O[C@@H](C)C3)c(C)c12. The van der Waals surface area contributed by atoms with Gasteiger partial charge in [0.05, 0.1) is 22.8 Å². The molecule has 0 bridgehead atoms. The number of morpholine rings is 1. The van der Waals surface area contributed by atoms with E-state index in [0.29, 0.717) is 13.1 Å². The van der Waals surface area contributed by atoms with E-state index in [1.54, 1.807) is 0 Å². The van der Waals surface area contributed by atoms with E-state index in [4.69, 9.17) is 14.7 Å². The van der Waals surface area contributed by atoms with Gasteiger partial charge in [0.25, 0.3) is 5.91 Å². The number of rotatable bonds is 1. The second-order valence-corrected chi connectivity index (χ2v) is 9.09. The fraction of sp³-hybridized carbons (Fsp3) is 0.632. The van der Waals surface area contributed by atoms with Gasteiger partial charge in [0.15, 0.2) is 0 Å². The minimum Gasteiger partial charge on any atom is -0.372 e. The molecule has 2 aromatic heterocycles. The van der Waals surface area contributed by atoms with E-state index in [0.717, 1.165) is 32.2 Å². The molecule has 136 valence electrons. The minimum atomic E-state index is -0.115. The highest BCUT2D eigenvalue weighted by Crippen LogP contribution is 2.34. The zero-order valence-electron chi connectivity index (χ0n) is 16.1. The number of aryl methyl sites for hydroxylation is 2. The molecular formula is C19H27N3O2S. The Morgan fingerprint density at radius 1 is 1.16 bits per heavy atom. The third-order valence-electron chi connectivity index (χ3n) is 4.54. The molecule has 1 amide bonds. The van der Waals surface area contributed by atoms with Gasteiger partial charge < -0.3 is 9.64 Å². The van der Waals surface area contributed by atoms with Crippen LogP contribution in [0.1, 0.15) is 61.4 Å². The molecule has 1 saturated heterocycles. The molecule has 6 heteroatoms. The first-order valence-corrected chi connectivity index (χ1v) is 9.62. The van der Waals surface area contributed by atoms with Crippen molar-refractivity contribution < 1.29 is 9.53 Å². The first kappa shape index (κ1) is 18.3. The van der Waals surface area contributed by atoms with Crippen molar-refractivity contribution in [2.75, 3.05) is 13.1 Å². The Labute approximate surface area is 153 Å². The first-order chi connectivity index (χ1) is 11.6. The number of nitrogens with zero attached hydrogens (tertiary/aromatic N) is 3. The van der Waals surface area contributed by atoms with E-state index in [-0.39, 0.29) is 23.5 Å². The molecule has 2 aromatic rings. The second kappa shape index (κ2) is 6.32. The van der Waals surface area contributed by atoms with Crippen LogP contribution in [0.3, 0.4) is 0 Å². The number of hydrogen-bond acceptors (Lipinski definition) is 5. The molecule has 3 rings (SSSR count). The Morgan fingerprint density at radius 3 is 2.32 bits per heavy atom. The molecule has 1 aliphatic rings. The van der Waals surface area contributed by atoms with Crippen LogP contribution in [0.2, 0.25) is 0 Å². The molecule has 0 unspecified atom stereocenters. The maximum atomic E-state index is 13.1. The average Bonchev–Trinajstić information content (AvgIpc) is 2.82. The number of amides is 1. The molecule has 0 aromatic carbocycles. The van der Waals surface area contributed by atoms with Gasteiger partial charge in [0.2, 0.25) is 0 Å². The van der Waals surface area contributed by atoms with Crippen molar-refractivity contribution in [3.05, 3.63) is 22.0 Å². The van der Waals surface area contributed by atoms with E-state index in [1.165, 1.54) is 11.3 Å². The third-order valence-corrected chi connectivity index (χ3v) is 5.72. The van der Waals surface area contributed by atoms with Gasteiger partial charge in [-0.15, -0.1) is 11.3 Å². The van der Waals surface area contributed by atoms with Gasteiger partial charge in [0.1, 0.15) is 10.7 Å². The predicted octanol–water partition coefficient (Wildman–Crippen LogP) is 3.86. The third kappa shape index (κ3) is 3.42. The molecule has 1 fully saturated rings. The van der Waals surface area contributed by atoms with Crippen LogP contribution in [0.5, 0.6) is 0 Å². The van der Waals surface area contributed by atoms with Crippen LogP contribution >= 0.6 is 11.3 Å². The summed E-state index contributed by atoms with van der Waals surface area (Å²) in [5, 5.41) is 1.02. The van der Waals surface area contributed by atoms with Gasteiger partial charge in [-0.2, -0.15) is 0 Å². The normalized spacial score (nSPS) is 21.8. The van der Waals surface area contributed by atoms with E-state index < -0.39 is 0 Å². The molecule has 1 aliphatic heterocycles. The van der Waals surface area contributed by atoms with Crippen LogP contribution in [0, 0.1) is 13.8 Å². The highest BCUT2D eigenvalue weighted by atomic mass is 32.1.